The molecule has 1 N–H and O–H groups in total. The van der Waals surface area contributed by atoms with Crippen molar-refractivity contribution in [3.05, 3.63) is 53.1 Å². The van der Waals surface area contributed by atoms with Crippen molar-refractivity contribution >= 4 is 17.6 Å². The number of esters is 1. The summed E-state index contributed by atoms with van der Waals surface area (Å²) in [6, 6.07) is 11.1. The van der Waals surface area contributed by atoms with Crippen LogP contribution in [0.5, 0.6) is 11.5 Å². The highest BCUT2D eigenvalue weighted by molar-refractivity contribution is 5.94. The van der Waals surface area contributed by atoms with Gasteiger partial charge >= 0.3 is 5.97 Å². The molecule has 0 spiro atoms. The lowest BCUT2D eigenvalue weighted by atomic mass is 10.1. The molecule has 0 fully saturated rings. The number of carbonyl (C=O) groups is 2. The van der Waals surface area contributed by atoms with Crippen LogP contribution >= 0.6 is 0 Å². The van der Waals surface area contributed by atoms with Gasteiger partial charge < -0.3 is 19.5 Å². The molecule has 0 aliphatic rings. The van der Waals surface area contributed by atoms with Crippen LogP contribution in [-0.4, -0.2) is 31.7 Å². The molecule has 0 heterocycles. The number of anilines is 1. The van der Waals surface area contributed by atoms with E-state index in [0.29, 0.717) is 12.4 Å². The Balaban J connectivity index is 1.71. The van der Waals surface area contributed by atoms with E-state index in [9.17, 15) is 9.59 Å². The van der Waals surface area contributed by atoms with Crippen LogP contribution in [0.3, 0.4) is 0 Å². The molecule has 0 atom stereocenters. The summed E-state index contributed by atoms with van der Waals surface area (Å²) < 4.78 is 15.9. The number of carbonyl (C=O) groups excluding carboxylic acids is 2. The normalized spacial score (nSPS) is 10.3. The minimum Gasteiger partial charge on any atom is -0.494 e. The standard InChI is InChI=1S/C22H27NO5/c1-5-26-18-6-8-19(9-7-18)27-11-10-21(25)28-14-20(24)23-22-16(3)12-15(2)13-17(22)4/h6-9,12-13H,5,10-11,14H2,1-4H3,(H,23,24). The topological polar surface area (TPSA) is 73.9 Å². The molecule has 1 amide bonds. The van der Waals surface area contributed by atoms with Crippen LogP contribution in [0.25, 0.3) is 0 Å². The first-order chi connectivity index (χ1) is 13.4. The van der Waals surface area contributed by atoms with Gasteiger partial charge in [0.05, 0.1) is 19.6 Å². The molecule has 2 rings (SSSR count). The molecule has 6 heteroatoms. The lowest BCUT2D eigenvalue weighted by molar-refractivity contribution is -0.147. The van der Waals surface area contributed by atoms with Gasteiger partial charge in [0.25, 0.3) is 5.91 Å². The van der Waals surface area contributed by atoms with Crippen LogP contribution in [0, 0.1) is 20.8 Å². The van der Waals surface area contributed by atoms with Crippen molar-refractivity contribution in [3.8, 4) is 11.5 Å². The zero-order valence-corrected chi connectivity index (χ0v) is 16.8. The van der Waals surface area contributed by atoms with Gasteiger partial charge in [-0.2, -0.15) is 0 Å². The lowest BCUT2D eigenvalue weighted by Gasteiger charge is -2.13. The largest absolute Gasteiger partial charge is 0.494 e. The van der Waals surface area contributed by atoms with E-state index >= 15 is 0 Å². The number of benzene rings is 2. The van der Waals surface area contributed by atoms with E-state index < -0.39 is 5.97 Å². The smallest absolute Gasteiger partial charge is 0.309 e. The highest BCUT2D eigenvalue weighted by atomic mass is 16.5. The maximum atomic E-state index is 12.1. The zero-order valence-electron chi connectivity index (χ0n) is 16.8. The Bertz CT molecular complexity index is 791. The monoisotopic (exact) mass is 385 g/mol. The second-order valence-corrected chi connectivity index (χ2v) is 6.49. The maximum absolute atomic E-state index is 12.1. The SMILES string of the molecule is CCOc1ccc(OCCC(=O)OCC(=O)Nc2c(C)cc(C)cc2C)cc1. The van der Waals surface area contributed by atoms with Gasteiger partial charge in [-0.15, -0.1) is 0 Å². The van der Waals surface area contributed by atoms with Crippen molar-refractivity contribution < 1.29 is 23.8 Å². The van der Waals surface area contributed by atoms with Crippen molar-refractivity contribution in [2.24, 2.45) is 0 Å². The fourth-order valence-corrected chi connectivity index (χ4v) is 2.82. The van der Waals surface area contributed by atoms with E-state index in [2.05, 4.69) is 5.32 Å². The first-order valence-corrected chi connectivity index (χ1v) is 9.28. The van der Waals surface area contributed by atoms with Gasteiger partial charge in [0.2, 0.25) is 0 Å². The third-order valence-electron chi connectivity index (χ3n) is 4.02. The summed E-state index contributed by atoms with van der Waals surface area (Å²) in [5.74, 6) is 0.549. The van der Waals surface area contributed by atoms with E-state index in [1.165, 1.54) is 0 Å². The predicted molar refractivity (Wildman–Crippen MR) is 108 cm³/mol. The van der Waals surface area contributed by atoms with Crippen molar-refractivity contribution in [2.75, 3.05) is 25.1 Å². The molecule has 6 nitrogen and oxygen atoms in total. The number of hydrogen-bond donors (Lipinski definition) is 1. The highest BCUT2D eigenvalue weighted by Gasteiger charge is 2.11. The van der Waals surface area contributed by atoms with Crippen LogP contribution in [0.1, 0.15) is 30.0 Å². The van der Waals surface area contributed by atoms with Gasteiger partial charge in [0.15, 0.2) is 6.61 Å². The maximum Gasteiger partial charge on any atom is 0.309 e. The molecule has 150 valence electrons. The van der Waals surface area contributed by atoms with E-state index in [1.54, 1.807) is 24.3 Å². The summed E-state index contributed by atoms with van der Waals surface area (Å²) in [5, 5.41) is 2.80. The molecular formula is C22H27NO5. The Morgan fingerprint density at radius 1 is 0.929 bits per heavy atom. The lowest BCUT2D eigenvalue weighted by Crippen LogP contribution is -2.22. The number of rotatable bonds is 9. The molecule has 0 aromatic heterocycles. The first kappa shape index (κ1) is 21.3. The summed E-state index contributed by atoms with van der Waals surface area (Å²) >= 11 is 0. The van der Waals surface area contributed by atoms with Crippen molar-refractivity contribution in [1.29, 1.82) is 0 Å². The second-order valence-electron chi connectivity index (χ2n) is 6.49. The quantitative estimate of drug-likeness (QED) is 0.662. The fraction of sp³-hybridized carbons (Fsp3) is 0.364. The zero-order chi connectivity index (χ0) is 20.5. The fourth-order valence-electron chi connectivity index (χ4n) is 2.82. The Labute approximate surface area is 165 Å². The Morgan fingerprint density at radius 3 is 2.07 bits per heavy atom. The van der Waals surface area contributed by atoms with Crippen molar-refractivity contribution in [3.63, 3.8) is 0 Å². The minimum absolute atomic E-state index is 0.0586. The Hall–Kier alpha value is -3.02. The molecule has 0 saturated carbocycles. The average Bonchev–Trinajstić information content (AvgIpc) is 2.64. The van der Waals surface area contributed by atoms with Crippen LogP contribution in [0.2, 0.25) is 0 Å². The molecule has 0 aliphatic heterocycles. The molecule has 28 heavy (non-hydrogen) atoms. The minimum atomic E-state index is -0.488. The molecule has 2 aromatic carbocycles. The molecular weight excluding hydrogens is 358 g/mol. The number of amides is 1. The Kier molecular flexibility index (Phi) is 7.87. The third-order valence-corrected chi connectivity index (χ3v) is 4.02. The third kappa shape index (κ3) is 6.61. The molecule has 0 aliphatic carbocycles. The van der Waals surface area contributed by atoms with Gasteiger partial charge in [0.1, 0.15) is 11.5 Å². The van der Waals surface area contributed by atoms with E-state index in [4.69, 9.17) is 14.2 Å². The summed E-state index contributed by atoms with van der Waals surface area (Å²) in [6.45, 7) is 8.23. The summed E-state index contributed by atoms with van der Waals surface area (Å²) in [4.78, 5) is 23.9. The molecule has 0 unspecified atom stereocenters. The van der Waals surface area contributed by atoms with Crippen LogP contribution in [-0.2, 0) is 14.3 Å². The van der Waals surface area contributed by atoms with E-state index in [0.717, 1.165) is 28.1 Å². The van der Waals surface area contributed by atoms with Gasteiger partial charge in [0, 0.05) is 5.69 Å². The van der Waals surface area contributed by atoms with Crippen molar-refractivity contribution in [2.45, 2.75) is 34.1 Å². The van der Waals surface area contributed by atoms with Gasteiger partial charge in [-0.05, 0) is 63.1 Å². The van der Waals surface area contributed by atoms with Crippen LogP contribution < -0.4 is 14.8 Å². The van der Waals surface area contributed by atoms with E-state index in [-0.39, 0.29) is 25.5 Å². The molecule has 2 aromatic rings. The molecule has 0 saturated heterocycles. The van der Waals surface area contributed by atoms with Gasteiger partial charge in [-0.25, -0.2) is 0 Å². The number of aryl methyl sites for hydroxylation is 3. The van der Waals surface area contributed by atoms with Crippen LogP contribution in [0.15, 0.2) is 36.4 Å². The first-order valence-electron chi connectivity index (χ1n) is 9.28. The van der Waals surface area contributed by atoms with Gasteiger partial charge in [-0.3, -0.25) is 9.59 Å². The van der Waals surface area contributed by atoms with Crippen LogP contribution in [0.4, 0.5) is 5.69 Å². The average molecular weight is 385 g/mol. The number of nitrogens with one attached hydrogen (secondary N) is 1. The molecule has 0 radical (unpaired) electrons. The molecule has 0 bridgehead atoms. The van der Waals surface area contributed by atoms with Crippen molar-refractivity contribution in [1.82, 2.24) is 0 Å². The predicted octanol–water partition coefficient (Wildman–Crippen LogP) is 3.96. The van der Waals surface area contributed by atoms with E-state index in [1.807, 2.05) is 39.8 Å². The highest BCUT2D eigenvalue weighted by Crippen LogP contribution is 2.22. The Morgan fingerprint density at radius 2 is 1.50 bits per heavy atom. The summed E-state index contributed by atoms with van der Waals surface area (Å²) in [6.07, 6.45) is 0.0586. The van der Waals surface area contributed by atoms with Gasteiger partial charge in [-0.1, -0.05) is 17.7 Å². The second kappa shape index (κ2) is 10.3. The number of hydrogen-bond acceptors (Lipinski definition) is 5. The summed E-state index contributed by atoms with van der Waals surface area (Å²) in [5.41, 5.74) is 3.83. The summed E-state index contributed by atoms with van der Waals surface area (Å²) in [7, 11) is 0. The number of ether oxygens (including phenoxy) is 3.